The summed E-state index contributed by atoms with van der Waals surface area (Å²) in [6.07, 6.45) is -2.93. The summed E-state index contributed by atoms with van der Waals surface area (Å²) in [5.74, 6) is -0.719. The topological polar surface area (TPSA) is 46.9 Å². The van der Waals surface area contributed by atoms with E-state index in [0.29, 0.717) is 12.2 Å². The third-order valence-corrected chi connectivity index (χ3v) is 2.59. The van der Waals surface area contributed by atoms with Crippen molar-refractivity contribution in [1.29, 1.82) is 0 Å². The lowest BCUT2D eigenvalue weighted by Crippen LogP contribution is -2.32. The van der Waals surface area contributed by atoms with E-state index >= 15 is 0 Å². The second-order valence-electron chi connectivity index (χ2n) is 4.29. The zero-order chi connectivity index (χ0) is 14.6. The summed E-state index contributed by atoms with van der Waals surface area (Å²) in [5.41, 5.74) is -0.570. The molecule has 0 saturated carbocycles. The predicted molar refractivity (Wildman–Crippen MR) is 64.3 cm³/mol. The fourth-order valence-corrected chi connectivity index (χ4v) is 1.52. The molecule has 1 N–H and O–H groups in total. The van der Waals surface area contributed by atoms with Crippen molar-refractivity contribution in [3.8, 4) is 0 Å². The van der Waals surface area contributed by atoms with Crippen LogP contribution in [0.25, 0.3) is 0 Å². The van der Waals surface area contributed by atoms with Crippen LogP contribution in [0.15, 0.2) is 18.7 Å². The van der Waals surface area contributed by atoms with Gasteiger partial charge < -0.3 is 5.32 Å². The zero-order valence-electron chi connectivity index (χ0n) is 10.8. The van der Waals surface area contributed by atoms with Crippen LogP contribution < -0.4 is 5.32 Å². The smallest absolute Gasteiger partial charge is 0.352 e. The second kappa shape index (κ2) is 5.90. The minimum Gasteiger partial charge on any atom is -0.352 e. The molecule has 19 heavy (non-hydrogen) atoms. The van der Waals surface area contributed by atoms with Crippen LogP contribution in [0.4, 0.5) is 13.2 Å². The molecule has 0 saturated heterocycles. The maximum atomic E-state index is 12.5. The largest absolute Gasteiger partial charge is 0.435 e. The Kier molecular flexibility index (Phi) is 4.74. The van der Waals surface area contributed by atoms with Crippen LogP contribution in [0, 0.1) is 12.8 Å². The molecule has 106 valence electrons. The Morgan fingerprint density at radius 2 is 2.26 bits per heavy atom. The Hall–Kier alpha value is -1.79. The number of alkyl halides is 3. The molecule has 4 nitrogen and oxygen atoms in total. The lowest BCUT2D eigenvalue weighted by Gasteiger charge is -2.12. The monoisotopic (exact) mass is 275 g/mol. The molecule has 0 radical (unpaired) electrons. The summed E-state index contributed by atoms with van der Waals surface area (Å²) in [6, 6.07) is 0.967. The Balaban J connectivity index is 2.74. The molecule has 0 aliphatic heterocycles. The van der Waals surface area contributed by atoms with Crippen LogP contribution >= 0.6 is 0 Å². The van der Waals surface area contributed by atoms with Crippen molar-refractivity contribution in [2.75, 3.05) is 6.54 Å². The molecule has 7 heteroatoms. The van der Waals surface area contributed by atoms with Gasteiger partial charge in [0, 0.05) is 12.2 Å². The molecule has 0 fully saturated rings. The quantitative estimate of drug-likeness (QED) is 0.837. The van der Waals surface area contributed by atoms with E-state index in [2.05, 4.69) is 17.0 Å². The maximum absolute atomic E-state index is 12.5. The normalized spacial score (nSPS) is 13.1. The number of hydrogen-bond acceptors (Lipinski definition) is 2. The molecule has 1 rings (SSSR count). The Morgan fingerprint density at radius 1 is 1.63 bits per heavy atom. The molecule has 0 spiro atoms. The number of hydrogen-bond donors (Lipinski definition) is 1. The van der Waals surface area contributed by atoms with Crippen LogP contribution in [0.1, 0.15) is 18.3 Å². The first-order valence-electron chi connectivity index (χ1n) is 5.76. The maximum Gasteiger partial charge on any atom is 0.435 e. The van der Waals surface area contributed by atoms with Gasteiger partial charge in [-0.25, -0.2) is 0 Å². The van der Waals surface area contributed by atoms with Crippen LogP contribution in [0.2, 0.25) is 0 Å². The number of aryl methyl sites for hydroxylation is 1. The van der Waals surface area contributed by atoms with Crippen LogP contribution in [-0.4, -0.2) is 22.2 Å². The van der Waals surface area contributed by atoms with E-state index in [9.17, 15) is 18.0 Å². The highest BCUT2D eigenvalue weighted by Crippen LogP contribution is 2.28. The van der Waals surface area contributed by atoms with E-state index in [0.717, 1.165) is 6.07 Å². The van der Waals surface area contributed by atoms with E-state index in [4.69, 9.17) is 0 Å². The number of halogens is 3. The van der Waals surface area contributed by atoms with Crippen LogP contribution in [0.3, 0.4) is 0 Å². The number of rotatable bonds is 5. The van der Waals surface area contributed by atoms with E-state index < -0.39 is 17.8 Å². The molecular formula is C12H16F3N3O. The Labute approximate surface area is 109 Å². The van der Waals surface area contributed by atoms with Gasteiger partial charge >= 0.3 is 6.18 Å². The van der Waals surface area contributed by atoms with Gasteiger partial charge in [-0.3, -0.25) is 9.48 Å². The van der Waals surface area contributed by atoms with Gasteiger partial charge in [0.25, 0.3) is 0 Å². The third-order valence-electron chi connectivity index (χ3n) is 2.59. The number of carbonyl (C=O) groups excluding carboxylic acids is 1. The van der Waals surface area contributed by atoms with Crippen molar-refractivity contribution in [2.24, 2.45) is 5.92 Å². The van der Waals surface area contributed by atoms with E-state index in [1.165, 1.54) is 17.7 Å². The van der Waals surface area contributed by atoms with Gasteiger partial charge in [-0.1, -0.05) is 13.0 Å². The highest BCUT2D eigenvalue weighted by molar-refractivity contribution is 5.78. The van der Waals surface area contributed by atoms with Gasteiger partial charge in [0.15, 0.2) is 5.69 Å². The van der Waals surface area contributed by atoms with Crippen molar-refractivity contribution >= 4 is 5.91 Å². The third kappa shape index (κ3) is 4.11. The molecule has 0 aliphatic rings. The summed E-state index contributed by atoms with van der Waals surface area (Å²) in [4.78, 5) is 11.6. The minimum absolute atomic E-state index is 0.102. The summed E-state index contributed by atoms with van der Waals surface area (Å²) >= 11 is 0. The van der Waals surface area contributed by atoms with Gasteiger partial charge in [0.1, 0.15) is 0 Å². The van der Waals surface area contributed by atoms with Gasteiger partial charge in [-0.2, -0.15) is 18.3 Å². The first kappa shape index (κ1) is 15.3. The number of nitrogens with zero attached hydrogens (tertiary/aromatic N) is 2. The standard InChI is InChI=1S/C12H16F3N3O/c1-4-5-16-11(19)8(2)7-18-9(3)6-10(17-18)12(13,14)15/h4,6,8H,1,5,7H2,2-3H3,(H,16,19)/t8-/m1/s1. The van der Waals surface area contributed by atoms with Crippen molar-refractivity contribution in [3.05, 3.63) is 30.1 Å². The van der Waals surface area contributed by atoms with Crippen LogP contribution in [0.5, 0.6) is 0 Å². The Bertz CT molecular complexity index is 465. The summed E-state index contributed by atoms with van der Waals surface area (Å²) < 4.78 is 38.6. The lowest BCUT2D eigenvalue weighted by molar-refractivity contribution is -0.141. The minimum atomic E-state index is -4.47. The fourth-order valence-electron chi connectivity index (χ4n) is 1.52. The SMILES string of the molecule is C=CCNC(=O)[C@H](C)Cn1nc(C(F)(F)F)cc1C. The Morgan fingerprint density at radius 3 is 2.74 bits per heavy atom. The second-order valence-corrected chi connectivity index (χ2v) is 4.29. The molecule has 0 aromatic carbocycles. The molecule has 1 atom stereocenters. The van der Waals surface area contributed by atoms with Gasteiger partial charge in [0.2, 0.25) is 5.91 Å². The number of carbonyl (C=O) groups is 1. The zero-order valence-corrected chi connectivity index (χ0v) is 10.8. The van der Waals surface area contributed by atoms with Gasteiger partial charge in [0.05, 0.1) is 12.5 Å². The summed E-state index contributed by atoms with van der Waals surface area (Å²) in [7, 11) is 0. The number of amides is 1. The molecule has 1 aromatic heterocycles. The van der Waals surface area contributed by atoms with Crippen molar-refractivity contribution < 1.29 is 18.0 Å². The number of nitrogens with one attached hydrogen (secondary N) is 1. The lowest BCUT2D eigenvalue weighted by atomic mass is 10.1. The molecule has 1 amide bonds. The highest BCUT2D eigenvalue weighted by Gasteiger charge is 2.34. The first-order valence-corrected chi connectivity index (χ1v) is 5.76. The first-order chi connectivity index (χ1) is 8.75. The molecule has 1 heterocycles. The van der Waals surface area contributed by atoms with E-state index in [1.54, 1.807) is 6.92 Å². The molecule has 0 bridgehead atoms. The molecule has 1 aromatic rings. The molecular weight excluding hydrogens is 259 g/mol. The van der Waals surface area contributed by atoms with Gasteiger partial charge in [-0.05, 0) is 13.0 Å². The van der Waals surface area contributed by atoms with Crippen molar-refractivity contribution in [3.63, 3.8) is 0 Å². The summed E-state index contributed by atoms with van der Waals surface area (Å²) in [5, 5.41) is 6.06. The van der Waals surface area contributed by atoms with Crippen molar-refractivity contribution in [2.45, 2.75) is 26.6 Å². The highest BCUT2D eigenvalue weighted by atomic mass is 19.4. The molecule has 0 unspecified atom stereocenters. The average molecular weight is 275 g/mol. The number of aromatic nitrogens is 2. The fraction of sp³-hybridized carbons (Fsp3) is 0.500. The summed E-state index contributed by atoms with van der Waals surface area (Å²) in [6.45, 7) is 7.05. The van der Waals surface area contributed by atoms with E-state index in [1.807, 2.05) is 0 Å². The van der Waals surface area contributed by atoms with Gasteiger partial charge in [-0.15, -0.1) is 6.58 Å². The van der Waals surface area contributed by atoms with Crippen molar-refractivity contribution in [1.82, 2.24) is 15.1 Å². The predicted octanol–water partition coefficient (Wildman–Crippen LogP) is 2.15. The average Bonchev–Trinajstić information content (AvgIpc) is 2.67. The van der Waals surface area contributed by atoms with Crippen LogP contribution in [-0.2, 0) is 17.5 Å². The van der Waals surface area contributed by atoms with E-state index in [-0.39, 0.29) is 12.5 Å². The molecule has 0 aliphatic carbocycles.